The number of benzene rings is 2. The van der Waals surface area contributed by atoms with Crippen LogP contribution in [0, 0.1) is 10.1 Å². The molecule has 0 bridgehead atoms. The Morgan fingerprint density at radius 2 is 1.94 bits per heavy atom. The average Bonchev–Trinajstić information content (AvgIpc) is 3.50. The van der Waals surface area contributed by atoms with Gasteiger partial charge in [0.25, 0.3) is 11.6 Å². The first-order valence-electron chi connectivity index (χ1n) is 10.5. The van der Waals surface area contributed by atoms with Gasteiger partial charge in [-0.3, -0.25) is 19.8 Å². The molecular formula is C22H23N5O3S. The highest BCUT2D eigenvalue weighted by molar-refractivity contribution is 7.18. The quantitative estimate of drug-likeness (QED) is 0.467. The number of nitrogens with zero attached hydrogens (tertiary/aromatic N) is 4. The van der Waals surface area contributed by atoms with Crippen LogP contribution in [-0.4, -0.2) is 57.8 Å². The van der Waals surface area contributed by atoms with Crippen LogP contribution < -0.4 is 5.32 Å². The topological polar surface area (TPSA) is 91.6 Å². The number of aromatic nitrogens is 1. The van der Waals surface area contributed by atoms with Crippen molar-refractivity contribution >= 4 is 38.8 Å². The lowest BCUT2D eigenvalue weighted by Crippen LogP contribution is -2.48. The summed E-state index contributed by atoms with van der Waals surface area (Å²) in [6.45, 7) is 3.48. The number of thiazole rings is 1. The molecule has 0 radical (unpaired) electrons. The maximum atomic E-state index is 13.0. The Hall–Kier alpha value is -3.04. The molecule has 2 heterocycles. The molecule has 3 aromatic rings. The fraction of sp³-hybridized carbons (Fsp3) is 0.364. The molecule has 9 heteroatoms. The highest BCUT2D eigenvalue weighted by atomic mass is 32.1. The van der Waals surface area contributed by atoms with E-state index in [-0.39, 0.29) is 11.6 Å². The second-order valence-corrected chi connectivity index (χ2v) is 9.17. The third kappa shape index (κ3) is 4.38. The molecule has 1 saturated heterocycles. The van der Waals surface area contributed by atoms with Crippen molar-refractivity contribution in [2.45, 2.75) is 25.4 Å². The molecule has 2 aromatic carbocycles. The number of piperazine rings is 1. The maximum Gasteiger partial charge on any atom is 0.293 e. The van der Waals surface area contributed by atoms with E-state index < -0.39 is 4.92 Å². The van der Waals surface area contributed by atoms with E-state index in [9.17, 15) is 14.9 Å². The molecule has 5 rings (SSSR count). The van der Waals surface area contributed by atoms with Crippen molar-refractivity contribution in [3.63, 3.8) is 0 Å². The third-order valence-electron chi connectivity index (χ3n) is 5.73. The number of rotatable bonds is 6. The van der Waals surface area contributed by atoms with Gasteiger partial charge < -0.3 is 10.2 Å². The first kappa shape index (κ1) is 19.9. The molecule has 31 heavy (non-hydrogen) atoms. The number of nitrogens with one attached hydrogen (secondary N) is 1. The fourth-order valence-corrected chi connectivity index (χ4v) is 4.87. The normalized spacial score (nSPS) is 17.1. The number of para-hydroxylation sites is 1. The lowest BCUT2D eigenvalue weighted by molar-refractivity contribution is -0.384. The Bertz CT molecular complexity index is 1100. The molecule has 1 N–H and O–H groups in total. The monoisotopic (exact) mass is 437 g/mol. The van der Waals surface area contributed by atoms with E-state index in [1.807, 2.05) is 18.2 Å². The van der Waals surface area contributed by atoms with E-state index in [2.05, 4.69) is 16.3 Å². The summed E-state index contributed by atoms with van der Waals surface area (Å²) in [7, 11) is 0. The van der Waals surface area contributed by atoms with Crippen LogP contribution in [0.3, 0.4) is 0 Å². The van der Waals surface area contributed by atoms with Gasteiger partial charge in [-0.1, -0.05) is 12.1 Å². The van der Waals surface area contributed by atoms with Crippen LogP contribution in [0.25, 0.3) is 10.2 Å². The zero-order valence-electron chi connectivity index (χ0n) is 17.0. The minimum Gasteiger partial charge on any atom is -0.377 e. The standard InChI is InChI=1S/C22H23N5O3S/c28-22(15-5-8-17(23-16-6-7-16)19(13-15)27(29)30)26-11-9-25(10-12-26)14-21-24-18-3-1-2-4-20(18)31-21/h1-5,8,13,16,23H,6-7,9-12,14H2. The Morgan fingerprint density at radius 1 is 1.16 bits per heavy atom. The summed E-state index contributed by atoms with van der Waals surface area (Å²) in [4.78, 5) is 32.8. The zero-order valence-corrected chi connectivity index (χ0v) is 17.8. The van der Waals surface area contributed by atoms with Crippen molar-refractivity contribution in [2.24, 2.45) is 0 Å². The van der Waals surface area contributed by atoms with Crippen molar-refractivity contribution < 1.29 is 9.72 Å². The largest absolute Gasteiger partial charge is 0.377 e. The minimum absolute atomic E-state index is 0.0350. The highest BCUT2D eigenvalue weighted by Gasteiger charge is 2.27. The Balaban J connectivity index is 1.22. The van der Waals surface area contributed by atoms with Crippen molar-refractivity contribution in [1.82, 2.24) is 14.8 Å². The number of carbonyl (C=O) groups is 1. The van der Waals surface area contributed by atoms with Crippen LogP contribution >= 0.6 is 11.3 Å². The number of hydrogen-bond acceptors (Lipinski definition) is 7. The Kier molecular flexibility index (Phi) is 5.29. The van der Waals surface area contributed by atoms with E-state index in [0.717, 1.165) is 43.0 Å². The minimum atomic E-state index is -0.419. The molecule has 2 aliphatic rings. The van der Waals surface area contributed by atoms with Crippen LogP contribution in [0.2, 0.25) is 0 Å². The van der Waals surface area contributed by atoms with E-state index in [0.29, 0.717) is 30.4 Å². The van der Waals surface area contributed by atoms with Gasteiger partial charge in [-0.15, -0.1) is 11.3 Å². The SMILES string of the molecule is O=C(c1ccc(NC2CC2)c([N+](=O)[O-])c1)N1CCN(Cc2nc3ccccc3s2)CC1. The fourth-order valence-electron chi connectivity index (χ4n) is 3.86. The predicted molar refractivity (Wildman–Crippen MR) is 121 cm³/mol. The number of nitro groups is 1. The molecule has 1 aliphatic heterocycles. The number of nitro benzene ring substituents is 1. The lowest BCUT2D eigenvalue weighted by atomic mass is 10.1. The van der Waals surface area contributed by atoms with Gasteiger partial charge >= 0.3 is 0 Å². The summed E-state index contributed by atoms with van der Waals surface area (Å²) in [5.41, 5.74) is 1.85. The number of fused-ring (bicyclic) bond motifs is 1. The van der Waals surface area contributed by atoms with Gasteiger partial charge in [0, 0.05) is 43.9 Å². The van der Waals surface area contributed by atoms with Gasteiger partial charge in [-0.2, -0.15) is 0 Å². The van der Waals surface area contributed by atoms with E-state index in [1.165, 1.54) is 10.8 Å². The van der Waals surface area contributed by atoms with Crippen molar-refractivity contribution in [2.75, 3.05) is 31.5 Å². The van der Waals surface area contributed by atoms with Gasteiger partial charge in [0.1, 0.15) is 10.7 Å². The van der Waals surface area contributed by atoms with Crippen LogP contribution in [0.5, 0.6) is 0 Å². The van der Waals surface area contributed by atoms with E-state index in [4.69, 9.17) is 4.98 Å². The summed E-state index contributed by atoms with van der Waals surface area (Å²) in [6, 6.07) is 13.2. The molecule has 2 fully saturated rings. The maximum absolute atomic E-state index is 13.0. The molecular weight excluding hydrogens is 414 g/mol. The molecule has 1 aliphatic carbocycles. The summed E-state index contributed by atoms with van der Waals surface area (Å²) in [6.07, 6.45) is 2.05. The molecule has 0 unspecified atom stereocenters. The highest BCUT2D eigenvalue weighted by Crippen LogP contribution is 2.32. The first-order valence-corrected chi connectivity index (χ1v) is 11.3. The van der Waals surface area contributed by atoms with Gasteiger partial charge in [-0.25, -0.2) is 4.98 Å². The summed E-state index contributed by atoms with van der Waals surface area (Å²) in [5.74, 6) is -0.152. The van der Waals surface area contributed by atoms with Crippen molar-refractivity contribution in [3.05, 3.63) is 63.1 Å². The summed E-state index contributed by atoms with van der Waals surface area (Å²) in [5, 5.41) is 15.7. The van der Waals surface area contributed by atoms with Gasteiger partial charge in [0.15, 0.2) is 0 Å². The summed E-state index contributed by atoms with van der Waals surface area (Å²) >= 11 is 1.71. The second-order valence-electron chi connectivity index (χ2n) is 8.05. The molecule has 160 valence electrons. The van der Waals surface area contributed by atoms with Crippen LogP contribution in [0.1, 0.15) is 28.2 Å². The lowest BCUT2D eigenvalue weighted by Gasteiger charge is -2.34. The molecule has 1 saturated carbocycles. The van der Waals surface area contributed by atoms with Gasteiger partial charge in [0.05, 0.1) is 21.7 Å². The van der Waals surface area contributed by atoms with E-state index >= 15 is 0 Å². The molecule has 0 atom stereocenters. The first-order chi connectivity index (χ1) is 15.1. The molecule has 1 amide bonds. The van der Waals surface area contributed by atoms with Gasteiger partial charge in [0.2, 0.25) is 0 Å². The number of amides is 1. The van der Waals surface area contributed by atoms with Crippen molar-refractivity contribution in [3.8, 4) is 0 Å². The van der Waals surface area contributed by atoms with E-state index in [1.54, 1.807) is 28.4 Å². The molecule has 8 nitrogen and oxygen atoms in total. The molecule has 0 spiro atoms. The smallest absolute Gasteiger partial charge is 0.293 e. The number of carbonyl (C=O) groups excluding carboxylic acids is 1. The number of anilines is 1. The Labute approximate surface area is 183 Å². The average molecular weight is 438 g/mol. The Morgan fingerprint density at radius 3 is 2.65 bits per heavy atom. The van der Waals surface area contributed by atoms with Crippen LogP contribution in [-0.2, 0) is 6.54 Å². The predicted octanol–water partition coefficient (Wildman–Crippen LogP) is 3.74. The summed E-state index contributed by atoms with van der Waals surface area (Å²) < 4.78 is 1.19. The van der Waals surface area contributed by atoms with Crippen LogP contribution in [0.4, 0.5) is 11.4 Å². The van der Waals surface area contributed by atoms with Crippen LogP contribution in [0.15, 0.2) is 42.5 Å². The second kappa shape index (κ2) is 8.24. The zero-order chi connectivity index (χ0) is 21.4. The molecule has 1 aromatic heterocycles. The third-order valence-corrected chi connectivity index (χ3v) is 6.76. The number of hydrogen-bond donors (Lipinski definition) is 1. The van der Waals surface area contributed by atoms with Crippen molar-refractivity contribution in [1.29, 1.82) is 0 Å². The van der Waals surface area contributed by atoms with Gasteiger partial charge in [-0.05, 0) is 37.1 Å².